The minimum Gasteiger partial charge on any atom is -0.393 e. The molecular weight excluding hydrogens is 220 g/mol. The number of amides is 1. The van der Waals surface area contributed by atoms with Crippen LogP contribution in [0.3, 0.4) is 0 Å². The highest BCUT2D eigenvalue weighted by molar-refractivity contribution is 7.80. The number of likely N-dealkylation sites (tertiary alicyclic amines) is 1. The first-order valence-corrected chi connectivity index (χ1v) is 6.42. The fourth-order valence-electron chi connectivity index (χ4n) is 2.32. The topological polar surface area (TPSA) is 46.3 Å². The monoisotopic (exact) mass is 242 g/mol. The molecule has 2 N–H and O–H groups in total. The molecule has 3 nitrogen and oxygen atoms in total. The largest absolute Gasteiger partial charge is 0.393 e. The highest BCUT2D eigenvalue weighted by atomic mass is 32.1. The Labute approximate surface area is 103 Å². The van der Waals surface area contributed by atoms with Gasteiger partial charge in [0.25, 0.3) is 0 Å². The lowest BCUT2D eigenvalue weighted by molar-refractivity contribution is -0.136. The predicted octanol–water partition coefficient (Wildman–Crippen LogP) is 1.80. The molecule has 1 heterocycles. The third kappa shape index (κ3) is 3.17. The molecule has 0 aromatic carbocycles. The van der Waals surface area contributed by atoms with E-state index in [2.05, 4.69) is 6.92 Å². The molecule has 16 heavy (non-hydrogen) atoms. The van der Waals surface area contributed by atoms with Crippen molar-refractivity contribution in [2.24, 2.45) is 23.5 Å². The van der Waals surface area contributed by atoms with Gasteiger partial charge in [0.05, 0.1) is 10.9 Å². The maximum atomic E-state index is 12.3. The molecule has 0 bridgehead atoms. The fourth-order valence-corrected chi connectivity index (χ4v) is 2.69. The second-order valence-electron chi connectivity index (χ2n) is 5.16. The van der Waals surface area contributed by atoms with Crippen molar-refractivity contribution in [1.29, 1.82) is 0 Å². The summed E-state index contributed by atoms with van der Waals surface area (Å²) in [7, 11) is 0. The summed E-state index contributed by atoms with van der Waals surface area (Å²) in [5.74, 6) is 0.605. The Morgan fingerprint density at radius 1 is 1.50 bits per heavy atom. The van der Waals surface area contributed by atoms with Crippen LogP contribution in [0.15, 0.2) is 0 Å². The molecule has 1 fully saturated rings. The lowest BCUT2D eigenvalue weighted by Gasteiger charge is -2.34. The van der Waals surface area contributed by atoms with Gasteiger partial charge in [0.1, 0.15) is 0 Å². The van der Waals surface area contributed by atoms with Crippen molar-refractivity contribution in [2.75, 3.05) is 13.1 Å². The molecular formula is C12H22N2OS. The van der Waals surface area contributed by atoms with Crippen LogP contribution >= 0.6 is 12.2 Å². The van der Waals surface area contributed by atoms with Crippen LogP contribution in [0, 0.1) is 17.8 Å². The van der Waals surface area contributed by atoms with Crippen LogP contribution in [0.5, 0.6) is 0 Å². The first-order chi connectivity index (χ1) is 7.43. The summed E-state index contributed by atoms with van der Waals surface area (Å²) >= 11 is 5.00. The maximum absolute atomic E-state index is 12.3. The molecule has 4 heteroatoms. The van der Waals surface area contributed by atoms with Crippen molar-refractivity contribution in [1.82, 2.24) is 4.90 Å². The molecule has 0 spiro atoms. The first-order valence-electron chi connectivity index (χ1n) is 6.01. The molecule has 0 aliphatic carbocycles. The summed E-state index contributed by atoms with van der Waals surface area (Å²) in [5.41, 5.74) is 5.66. The van der Waals surface area contributed by atoms with Gasteiger partial charge < -0.3 is 10.6 Å². The van der Waals surface area contributed by atoms with E-state index in [1.807, 2.05) is 18.7 Å². The smallest absolute Gasteiger partial charge is 0.232 e. The minimum absolute atomic E-state index is 0.119. The van der Waals surface area contributed by atoms with E-state index in [1.54, 1.807) is 0 Å². The van der Waals surface area contributed by atoms with Crippen molar-refractivity contribution in [3.63, 3.8) is 0 Å². The highest BCUT2D eigenvalue weighted by Crippen LogP contribution is 2.21. The summed E-state index contributed by atoms with van der Waals surface area (Å²) < 4.78 is 0. The van der Waals surface area contributed by atoms with E-state index >= 15 is 0 Å². The average molecular weight is 242 g/mol. The molecule has 1 rings (SSSR count). The van der Waals surface area contributed by atoms with Gasteiger partial charge >= 0.3 is 0 Å². The van der Waals surface area contributed by atoms with Gasteiger partial charge in [0, 0.05) is 13.1 Å². The molecule has 2 unspecified atom stereocenters. The van der Waals surface area contributed by atoms with Gasteiger partial charge in [-0.3, -0.25) is 4.79 Å². The summed E-state index contributed by atoms with van der Waals surface area (Å²) in [5, 5.41) is 0. The Morgan fingerprint density at radius 3 is 2.56 bits per heavy atom. The number of carbonyl (C=O) groups excluding carboxylic acids is 1. The van der Waals surface area contributed by atoms with Gasteiger partial charge in [-0.05, 0) is 24.7 Å². The molecule has 0 aromatic heterocycles. The van der Waals surface area contributed by atoms with E-state index in [0.717, 1.165) is 19.5 Å². The zero-order valence-electron chi connectivity index (χ0n) is 10.4. The lowest BCUT2D eigenvalue weighted by Crippen LogP contribution is -2.47. The average Bonchev–Trinajstić information content (AvgIpc) is 2.16. The molecule has 1 amide bonds. The Hall–Kier alpha value is -0.640. The number of hydrogen-bond acceptors (Lipinski definition) is 2. The van der Waals surface area contributed by atoms with E-state index in [9.17, 15) is 4.79 Å². The van der Waals surface area contributed by atoms with Crippen LogP contribution in [0.1, 0.15) is 33.6 Å². The van der Waals surface area contributed by atoms with Crippen molar-refractivity contribution in [2.45, 2.75) is 33.6 Å². The second kappa shape index (κ2) is 5.62. The molecule has 1 saturated heterocycles. The number of nitrogens with zero attached hydrogens (tertiary/aromatic N) is 1. The normalized spacial score (nSPS) is 23.2. The number of piperidine rings is 1. The van der Waals surface area contributed by atoms with Gasteiger partial charge in [-0.1, -0.05) is 33.0 Å². The Balaban J connectivity index is 2.70. The molecule has 0 radical (unpaired) electrons. The van der Waals surface area contributed by atoms with Gasteiger partial charge in [-0.15, -0.1) is 0 Å². The maximum Gasteiger partial charge on any atom is 0.232 e. The molecule has 1 aliphatic heterocycles. The van der Waals surface area contributed by atoms with E-state index in [1.165, 1.54) is 6.42 Å². The quantitative estimate of drug-likeness (QED) is 0.768. The van der Waals surface area contributed by atoms with Crippen molar-refractivity contribution < 1.29 is 4.79 Å². The SMILES string of the molecule is CC1CCCN(C(=O)C(C(N)=S)C(C)C)C1. The Bertz CT molecular complexity index is 278. The van der Waals surface area contributed by atoms with Crippen molar-refractivity contribution >= 4 is 23.1 Å². The van der Waals surface area contributed by atoms with Crippen LogP contribution < -0.4 is 5.73 Å². The second-order valence-corrected chi connectivity index (χ2v) is 5.63. The summed E-state index contributed by atoms with van der Waals surface area (Å²) in [6.07, 6.45) is 2.30. The Morgan fingerprint density at radius 2 is 2.12 bits per heavy atom. The zero-order chi connectivity index (χ0) is 12.3. The molecule has 1 aliphatic rings. The summed E-state index contributed by atoms with van der Waals surface area (Å²) in [4.78, 5) is 14.5. The zero-order valence-corrected chi connectivity index (χ0v) is 11.2. The van der Waals surface area contributed by atoms with Crippen LogP contribution in [0.2, 0.25) is 0 Å². The van der Waals surface area contributed by atoms with Gasteiger partial charge in [-0.25, -0.2) is 0 Å². The highest BCUT2D eigenvalue weighted by Gasteiger charge is 2.31. The third-order valence-electron chi connectivity index (χ3n) is 3.21. The van der Waals surface area contributed by atoms with Crippen LogP contribution in [0.4, 0.5) is 0 Å². The summed E-state index contributed by atoms with van der Waals surface area (Å²) in [6, 6.07) is 0. The number of carbonyl (C=O) groups is 1. The number of thiocarbonyl (C=S) groups is 1. The predicted molar refractivity (Wildman–Crippen MR) is 70.1 cm³/mol. The van der Waals surface area contributed by atoms with E-state index in [-0.39, 0.29) is 17.7 Å². The number of hydrogen-bond donors (Lipinski definition) is 1. The van der Waals surface area contributed by atoms with E-state index < -0.39 is 0 Å². The minimum atomic E-state index is -0.291. The third-order valence-corrected chi connectivity index (χ3v) is 3.46. The first kappa shape index (κ1) is 13.4. The van der Waals surface area contributed by atoms with Crippen LogP contribution in [-0.2, 0) is 4.79 Å². The Kier molecular flexibility index (Phi) is 4.71. The number of rotatable bonds is 3. The van der Waals surface area contributed by atoms with Gasteiger partial charge in [0.2, 0.25) is 5.91 Å². The van der Waals surface area contributed by atoms with E-state index in [4.69, 9.17) is 18.0 Å². The van der Waals surface area contributed by atoms with Crippen molar-refractivity contribution in [3.05, 3.63) is 0 Å². The molecule has 2 atom stereocenters. The fraction of sp³-hybridized carbons (Fsp3) is 0.833. The molecule has 0 aromatic rings. The molecule has 0 saturated carbocycles. The summed E-state index contributed by atoms with van der Waals surface area (Å²) in [6.45, 7) is 7.88. The van der Waals surface area contributed by atoms with Gasteiger partial charge in [0.15, 0.2) is 0 Å². The van der Waals surface area contributed by atoms with Crippen molar-refractivity contribution in [3.8, 4) is 0 Å². The van der Waals surface area contributed by atoms with Gasteiger partial charge in [-0.2, -0.15) is 0 Å². The van der Waals surface area contributed by atoms with E-state index in [0.29, 0.717) is 10.9 Å². The lowest BCUT2D eigenvalue weighted by atomic mass is 9.92. The van der Waals surface area contributed by atoms with Crippen LogP contribution in [-0.4, -0.2) is 28.9 Å². The molecule has 92 valence electrons. The standard InChI is InChI=1S/C12H22N2OS/c1-8(2)10(11(13)16)12(15)14-6-4-5-9(3)7-14/h8-10H,4-7H2,1-3H3,(H2,13,16). The number of nitrogens with two attached hydrogens (primary N) is 1. The van der Waals surface area contributed by atoms with Crippen LogP contribution in [0.25, 0.3) is 0 Å².